The molecule has 3 nitrogen and oxygen atoms in total. The van der Waals surface area contributed by atoms with Gasteiger partial charge in [-0.1, -0.05) is 54.7 Å². The van der Waals surface area contributed by atoms with E-state index < -0.39 is 0 Å². The standard InChI is InChI=1S/C16H18N2OS/c1-11(16(17)20)18(2)15(19)10-13-8-5-7-12-6-3-4-9-14(12)13/h3-9,11H,10H2,1-2H3,(H2,17,20). The molecule has 0 saturated heterocycles. The fourth-order valence-electron chi connectivity index (χ4n) is 2.14. The Morgan fingerprint density at radius 2 is 1.90 bits per heavy atom. The number of carbonyl (C=O) groups excluding carboxylic acids is 1. The number of hydrogen-bond acceptors (Lipinski definition) is 2. The average Bonchev–Trinajstić information content (AvgIpc) is 2.46. The Morgan fingerprint density at radius 1 is 1.25 bits per heavy atom. The summed E-state index contributed by atoms with van der Waals surface area (Å²) in [6, 6.07) is 13.8. The Bertz CT molecular complexity index is 648. The molecule has 1 amide bonds. The maximum absolute atomic E-state index is 12.3. The van der Waals surface area contributed by atoms with E-state index in [1.807, 2.05) is 49.4 Å². The first-order valence-corrected chi connectivity index (χ1v) is 6.93. The first kappa shape index (κ1) is 14.5. The van der Waals surface area contributed by atoms with Crippen molar-refractivity contribution in [2.45, 2.75) is 19.4 Å². The van der Waals surface area contributed by atoms with Gasteiger partial charge in [0.25, 0.3) is 0 Å². The van der Waals surface area contributed by atoms with Gasteiger partial charge in [0.2, 0.25) is 5.91 Å². The Labute approximate surface area is 124 Å². The summed E-state index contributed by atoms with van der Waals surface area (Å²) in [4.78, 5) is 14.2. The van der Waals surface area contributed by atoms with E-state index in [2.05, 4.69) is 0 Å². The molecule has 0 radical (unpaired) electrons. The lowest BCUT2D eigenvalue weighted by atomic mass is 10.0. The molecule has 2 aromatic rings. The molecule has 0 saturated carbocycles. The van der Waals surface area contributed by atoms with E-state index in [-0.39, 0.29) is 11.9 Å². The number of benzene rings is 2. The number of carbonyl (C=O) groups is 1. The van der Waals surface area contributed by atoms with E-state index >= 15 is 0 Å². The van der Waals surface area contributed by atoms with Gasteiger partial charge < -0.3 is 10.6 Å². The molecule has 4 heteroatoms. The minimum Gasteiger partial charge on any atom is -0.392 e. The van der Waals surface area contributed by atoms with Crippen molar-refractivity contribution < 1.29 is 4.79 Å². The number of thiocarbonyl (C=S) groups is 1. The van der Waals surface area contributed by atoms with Crippen molar-refractivity contribution >= 4 is 33.9 Å². The van der Waals surface area contributed by atoms with Gasteiger partial charge in [-0.2, -0.15) is 0 Å². The topological polar surface area (TPSA) is 46.3 Å². The normalized spacial score (nSPS) is 12.1. The van der Waals surface area contributed by atoms with E-state index in [4.69, 9.17) is 18.0 Å². The lowest BCUT2D eigenvalue weighted by molar-refractivity contribution is -0.129. The predicted molar refractivity (Wildman–Crippen MR) is 86.7 cm³/mol. The zero-order chi connectivity index (χ0) is 14.7. The van der Waals surface area contributed by atoms with E-state index in [1.165, 1.54) is 0 Å². The van der Waals surface area contributed by atoms with Gasteiger partial charge in [-0.05, 0) is 23.3 Å². The molecule has 0 aliphatic carbocycles. The summed E-state index contributed by atoms with van der Waals surface area (Å²) in [5.41, 5.74) is 6.62. The van der Waals surface area contributed by atoms with Crippen molar-refractivity contribution in [2.75, 3.05) is 7.05 Å². The summed E-state index contributed by atoms with van der Waals surface area (Å²) in [5.74, 6) is 0.0154. The van der Waals surface area contributed by atoms with Gasteiger partial charge in [0.1, 0.15) is 0 Å². The fraction of sp³-hybridized carbons (Fsp3) is 0.250. The molecular weight excluding hydrogens is 268 g/mol. The van der Waals surface area contributed by atoms with Crippen LogP contribution < -0.4 is 5.73 Å². The second-order valence-electron chi connectivity index (χ2n) is 4.90. The summed E-state index contributed by atoms with van der Waals surface area (Å²) in [6.07, 6.45) is 0.352. The lowest BCUT2D eigenvalue weighted by Gasteiger charge is -2.24. The molecule has 2 aromatic carbocycles. The van der Waals surface area contributed by atoms with E-state index in [0.29, 0.717) is 11.4 Å². The van der Waals surface area contributed by atoms with Crippen LogP contribution in [0.4, 0.5) is 0 Å². The number of fused-ring (bicyclic) bond motifs is 1. The molecule has 2 rings (SSSR count). The van der Waals surface area contributed by atoms with Crippen molar-refractivity contribution in [3.8, 4) is 0 Å². The van der Waals surface area contributed by atoms with Gasteiger partial charge in [-0.25, -0.2) is 0 Å². The van der Waals surface area contributed by atoms with Gasteiger partial charge in [0.05, 0.1) is 17.5 Å². The summed E-state index contributed by atoms with van der Waals surface area (Å²) >= 11 is 4.94. The average molecular weight is 286 g/mol. The maximum atomic E-state index is 12.3. The van der Waals surface area contributed by atoms with E-state index in [1.54, 1.807) is 11.9 Å². The number of nitrogens with zero attached hydrogens (tertiary/aromatic N) is 1. The minimum absolute atomic E-state index is 0.0154. The molecule has 0 aliphatic heterocycles. The van der Waals surface area contributed by atoms with Crippen LogP contribution in [0, 0.1) is 0 Å². The summed E-state index contributed by atoms with van der Waals surface area (Å²) in [6.45, 7) is 1.84. The molecule has 0 bridgehead atoms. The maximum Gasteiger partial charge on any atom is 0.227 e. The number of hydrogen-bond donors (Lipinski definition) is 1. The minimum atomic E-state index is -0.229. The molecule has 0 aliphatic rings. The molecule has 20 heavy (non-hydrogen) atoms. The molecule has 2 N–H and O–H groups in total. The zero-order valence-electron chi connectivity index (χ0n) is 11.7. The molecule has 0 heterocycles. The molecule has 1 unspecified atom stereocenters. The van der Waals surface area contributed by atoms with Crippen LogP contribution in [-0.4, -0.2) is 28.9 Å². The van der Waals surface area contributed by atoms with Crippen LogP contribution in [-0.2, 0) is 11.2 Å². The highest BCUT2D eigenvalue weighted by molar-refractivity contribution is 7.80. The van der Waals surface area contributed by atoms with Crippen LogP contribution in [0.2, 0.25) is 0 Å². The number of likely N-dealkylation sites (N-methyl/N-ethyl adjacent to an activating group) is 1. The second kappa shape index (κ2) is 6.01. The Kier molecular flexibility index (Phi) is 4.35. The highest BCUT2D eigenvalue weighted by Crippen LogP contribution is 2.19. The third kappa shape index (κ3) is 2.96. The third-order valence-corrected chi connectivity index (χ3v) is 3.95. The zero-order valence-corrected chi connectivity index (χ0v) is 12.5. The monoisotopic (exact) mass is 286 g/mol. The Morgan fingerprint density at radius 3 is 2.60 bits per heavy atom. The Balaban J connectivity index is 2.24. The predicted octanol–water partition coefficient (Wildman–Crippen LogP) is 2.52. The van der Waals surface area contributed by atoms with Crippen LogP contribution in [0.25, 0.3) is 10.8 Å². The molecule has 104 valence electrons. The van der Waals surface area contributed by atoms with E-state index in [9.17, 15) is 4.79 Å². The fourth-order valence-corrected chi connectivity index (χ4v) is 2.30. The lowest BCUT2D eigenvalue weighted by Crippen LogP contribution is -2.43. The van der Waals surface area contributed by atoms with Crippen molar-refractivity contribution in [3.63, 3.8) is 0 Å². The highest BCUT2D eigenvalue weighted by atomic mass is 32.1. The van der Waals surface area contributed by atoms with Crippen LogP contribution >= 0.6 is 12.2 Å². The van der Waals surface area contributed by atoms with Crippen molar-refractivity contribution in [1.82, 2.24) is 4.90 Å². The van der Waals surface area contributed by atoms with Crippen molar-refractivity contribution in [2.24, 2.45) is 5.73 Å². The molecule has 0 aromatic heterocycles. The van der Waals surface area contributed by atoms with Gasteiger partial charge >= 0.3 is 0 Å². The smallest absolute Gasteiger partial charge is 0.227 e. The molecule has 0 fully saturated rings. The number of nitrogens with two attached hydrogens (primary N) is 1. The molecule has 1 atom stereocenters. The second-order valence-corrected chi connectivity index (χ2v) is 5.37. The van der Waals surface area contributed by atoms with Crippen LogP contribution in [0.5, 0.6) is 0 Å². The van der Waals surface area contributed by atoms with Crippen molar-refractivity contribution in [1.29, 1.82) is 0 Å². The Hall–Kier alpha value is -1.94. The number of amides is 1. The van der Waals surface area contributed by atoms with Crippen molar-refractivity contribution in [3.05, 3.63) is 48.0 Å². The first-order chi connectivity index (χ1) is 9.50. The summed E-state index contributed by atoms with van der Waals surface area (Å²) in [7, 11) is 1.73. The first-order valence-electron chi connectivity index (χ1n) is 6.52. The van der Waals surface area contributed by atoms with Gasteiger partial charge in [0.15, 0.2) is 0 Å². The highest BCUT2D eigenvalue weighted by Gasteiger charge is 2.18. The van der Waals surface area contributed by atoms with Crippen LogP contribution in [0.1, 0.15) is 12.5 Å². The SMILES string of the molecule is CC(C(N)=S)N(C)C(=O)Cc1cccc2ccccc12. The third-order valence-electron chi connectivity index (χ3n) is 3.61. The number of rotatable bonds is 4. The molecule has 0 spiro atoms. The largest absolute Gasteiger partial charge is 0.392 e. The van der Waals surface area contributed by atoms with Gasteiger partial charge in [0, 0.05) is 7.05 Å². The summed E-state index contributed by atoms with van der Waals surface area (Å²) in [5, 5.41) is 2.25. The van der Waals surface area contributed by atoms with Gasteiger partial charge in [-0.15, -0.1) is 0 Å². The molecular formula is C16H18N2OS. The van der Waals surface area contributed by atoms with Crippen LogP contribution in [0.15, 0.2) is 42.5 Å². The van der Waals surface area contributed by atoms with Gasteiger partial charge in [-0.3, -0.25) is 4.79 Å². The summed E-state index contributed by atoms with van der Waals surface area (Å²) < 4.78 is 0. The quantitative estimate of drug-likeness (QED) is 0.879. The van der Waals surface area contributed by atoms with Crippen LogP contribution in [0.3, 0.4) is 0 Å². The van der Waals surface area contributed by atoms with E-state index in [0.717, 1.165) is 16.3 Å².